The van der Waals surface area contributed by atoms with E-state index in [1.807, 2.05) is 0 Å². The molecule has 3 heteroatoms. The summed E-state index contributed by atoms with van der Waals surface area (Å²) in [5, 5.41) is 0. The van der Waals surface area contributed by atoms with Gasteiger partial charge in [-0.1, -0.05) is 38.1 Å². The van der Waals surface area contributed by atoms with E-state index in [0.29, 0.717) is 18.9 Å². The van der Waals surface area contributed by atoms with Crippen molar-refractivity contribution in [2.24, 2.45) is 5.73 Å². The lowest BCUT2D eigenvalue weighted by Gasteiger charge is -2.17. The average Bonchev–Trinajstić information content (AvgIpc) is 2.39. The summed E-state index contributed by atoms with van der Waals surface area (Å²) in [6.45, 7) is 4.96. The highest BCUT2D eigenvalue weighted by Gasteiger charge is 2.13. The second-order valence-electron chi connectivity index (χ2n) is 5.58. The summed E-state index contributed by atoms with van der Waals surface area (Å²) < 4.78 is 0. The van der Waals surface area contributed by atoms with Crippen LogP contribution in [0.25, 0.3) is 0 Å². The molecule has 1 aromatic rings. The Labute approximate surface area is 116 Å². The molecule has 0 bridgehead atoms. The van der Waals surface area contributed by atoms with Crippen molar-refractivity contribution >= 4 is 5.91 Å². The maximum absolute atomic E-state index is 11.6. The lowest BCUT2D eigenvalue weighted by Crippen LogP contribution is -2.23. The number of hydrogen-bond acceptors (Lipinski definition) is 2. The molecule has 19 heavy (non-hydrogen) atoms. The Hall–Kier alpha value is -1.35. The van der Waals surface area contributed by atoms with Crippen LogP contribution in [-0.2, 0) is 4.79 Å². The molecule has 0 radical (unpaired) electrons. The van der Waals surface area contributed by atoms with Crippen molar-refractivity contribution < 1.29 is 4.79 Å². The highest BCUT2D eigenvalue weighted by molar-refractivity contribution is 5.75. The summed E-state index contributed by atoms with van der Waals surface area (Å²) in [5.41, 5.74) is 8.41. The van der Waals surface area contributed by atoms with Gasteiger partial charge in [0.05, 0.1) is 0 Å². The first-order valence-electron chi connectivity index (χ1n) is 6.95. The molecule has 106 valence electrons. The van der Waals surface area contributed by atoms with Crippen molar-refractivity contribution in [3.8, 4) is 0 Å². The van der Waals surface area contributed by atoms with Crippen LogP contribution in [0.4, 0.5) is 0 Å². The molecule has 1 atom stereocenters. The van der Waals surface area contributed by atoms with Crippen molar-refractivity contribution in [2.45, 2.75) is 38.5 Å². The summed E-state index contributed by atoms with van der Waals surface area (Å²) in [7, 11) is 3.58. The van der Waals surface area contributed by atoms with Gasteiger partial charge in [-0.2, -0.15) is 0 Å². The zero-order valence-corrected chi connectivity index (χ0v) is 12.5. The van der Waals surface area contributed by atoms with Gasteiger partial charge < -0.3 is 10.6 Å². The maximum atomic E-state index is 11.6. The van der Waals surface area contributed by atoms with E-state index in [2.05, 4.69) is 38.1 Å². The Morgan fingerprint density at radius 1 is 1.16 bits per heavy atom. The van der Waals surface area contributed by atoms with Crippen molar-refractivity contribution in [3.63, 3.8) is 0 Å². The van der Waals surface area contributed by atoms with Crippen LogP contribution in [-0.4, -0.2) is 31.4 Å². The van der Waals surface area contributed by atoms with E-state index in [1.54, 1.807) is 19.0 Å². The van der Waals surface area contributed by atoms with E-state index in [4.69, 9.17) is 5.73 Å². The van der Waals surface area contributed by atoms with Crippen LogP contribution in [0.3, 0.4) is 0 Å². The van der Waals surface area contributed by atoms with Gasteiger partial charge in [0.25, 0.3) is 0 Å². The van der Waals surface area contributed by atoms with Crippen LogP contribution < -0.4 is 5.73 Å². The fraction of sp³-hybridized carbons (Fsp3) is 0.562. The quantitative estimate of drug-likeness (QED) is 0.857. The molecule has 1 aromatic carbocycles. The van der Waals surface area contributed by atoms with Gasteiger partial charge in [-0.25, -0.2) is 0 Å². The first-order valence-corrected chi connectivity index (χ1v) is 6.95. The molecule has 0 saturated carbocycles. The zero-order valence-electron chi connectivity index (χ0n) is 12.5. The molecule has 3 nitrogen and oxygen atoms in total. The van der Waals surface area contributed by atoms with Crippen molar-refractivity contribution in [1.82, 2.24) is 4.90 Å². The number of nitrogens with zero attached hydrogens (tertiary/aromatic N) is 1. The van der Waals surface area contributed by atoms with Crippen LogP contribution in [0.2, 0.25) is 0 Å². The van der Waals surface area contributed by atoms with Gasteiger partial charge in [-0.3, -0.25) is 4.79 Å². The maximum Gasteiger partial charge on any atom is 0.222 e. The standard InChI is InChI=1S/C16H26N2O/c1-12(2)13-5-7-14(8-6-13)15(11-17)9-10-16(19)18(3)4/h5-8,12,15H,9-11,17H2,1-4H3. The van der Waals surface area contributed by atoms with Crippen LogP contribution >= 0.6 is 0 Å². The number of nitrogens with two attached hydrogens (primary N) is 1. The summed E-state index contributed by atoms with van der Waals surface area (Å²) in [6.07, 6.45) is 1.37. The lowest BCUT2D eigenvalue weighted by molar-refractivity contribution is -0.128. The third-order valence-electron chi connectivity index (χ3n) is 3.56. The molecule has 0 saturated heterocycles. The summed E-state index contributed by atoms with van der Waals surface area (Å²) >= 11 is 0. The minimum Gasteiger partial charge on any atom is -0.349 e. The Morgan fingerprint density at radius 2 is 1.68 bits per heavy atom. The Balaban J connectivity index is 2.66. The van der Waals surface area contributed by atoms with Crippen LogP contribution in [0.1, 0.15) is 49.7 Å². The SMILES string of the molecule is CC(C)c1ccc(C(CN)CCC(=O)N(C)C)cc1. The number of rotatable bonds is 6. The largest absolute Gasteiger partial charge is 0.349 e. The third-order valence-corrected chi connectivity index (χ3v) is 3.56. The van der Waals surface area contributed by atoms with E-state index >= 15 is 0 Å². The van der Waals surface area contributed by atoms with Crippen molar-refractivity contribution in [3.05, 3.63) is 35.4 Å². The second-order valence-corrected chi connectivity index (χ2v) is 5.58. The molecule has 1 amide bonds. The van der Waals surface area contributed by atoms with E-state index in [0.717, 1.165) is 6.42 Å². The first kappa shape index (κ1) is 15.7. The fourth-order valence-electron chi connectivity index (χ4n) is 2.09. The van der Waals surface area contributed by atoms with Crippen LogP contribution in [0.15, 0.2) is 24.3 Å². The Morgan fingerprint density at radius 3 is 2.11 bits per heavy atom. The molecule has 0 spiro atoms. The van der Waals surface area contributed by atoms with Gasteiger partial charge in [0, 0.05) is 20.5 Å². The van der Waals surface area contributed by atoms with Crippen molar-refractivity contribution in [1.29, 1.82) is 0 Å². The topological polar surface area (TPSA) is 46.3 Å². The molecule has 0 fully saturated rings. The second kappa shape index (κ2) is 7.29. The van der Waals surface area contributed by atoms with Gasteiger partial charge in [-0.15, -0.1) is 0 Å². The molecule has 1 unspecified atom stereocenters. The smallest absolute Gasteiger partial charge is 0.222 e. The summed E-state index contributed by atoms with van der Waals surface area (Å²) in [6, 6.07) is 8.62. The number of carbonyl (C=O) groups is 1. The van der Waals surface area contributed by atoms with Gasteiger partial charge in [0.1, 0.15) is 0 Å². The van der Waals surface area contributed by atoms with Crippen LogP contribution in [0.5, 0.6) is 0 Å². The van der Waals surface area contributed by atoms with E-state index in [9.17, 15) is 4.79 Å². The number of hydrogen-bond donors (Lipinski definition) is 1. The van der Waals surface area contributed by atoms with Crippen LogP contribution in [0, 0.1) is 0 Å². The molecular formula is C16H26N2O. The molecule has 0 heterocycles. The molecule has 0 aliphatic heterocycles. The normalized spacial score (nSPS) is 12.5. The Kier molecular flexibility index (Phi) is 6.03. The van der Waals surface area contributed by atoms with Gasteiger partial charge in [0.2, 0.25) is 5.91 Å². The number of carbonyl (C=O) groups excluding carboxylic acids is 1. The molecular weight excluding hydrogens is 236 g/mol. The average molecular weight is 262 g/mol. The van der Waals surface area contributed by atoms with Gasteiger partial charge in [-0.05, 0) is 35.9 Å². The molecule has 0 aromatic heterocycles. The molecule has 2 N–H and O–H groups in total. The van der Waals surface area contributed by atoms with Gasteiger partial charge in [0.15, 0.2) is 0 Å². The lowest BCUT2D eigenvalue weighted by atomic mass is 9.92. The highest BCUT2D eigenvalue weighted by Crippen LogP contribution is 2.23. The zero-order chi connectivity index (χ0) is 14.4. The Bertz CT molecular complexity index is 396. The molecule has 1 rings (SSSR count). The first-order chi connectivity index (χ1) is 8.95. The minimum absolute atomic E-state index is 0.164. The van der Waals surface area contributed by atoms with Crippen molar-refractivity contribution in [2.75, 3.05) is 20.6 Å². The van der Waals surface area contributed by atoms with E-state index < -0.39 is 0 Å². The monoisotopic (exact) mass is 262 g/mol. The highest BCUT2D eigenvalue weighted by atomic mass is 16.2. The van der Waals surface area contributed by atoms with E-state index in [-0.39, 0.29) is 11.8 Å². The fourth-order valence-corrected chi connectivity index (χ4v) is 2.09. The van der Waals surface area contributed by atoms with Gasteiger partial charge >= 0.3 is 0 Å². The summed E-state index contributed by atoms with van der Waals surface area (Å²) in [4.78, 5) is 13.3. The third kappa shape index (κ3) is 4.67. The predicted octanol–water partition coefficient (Wildman–Crippen LogP) is 2.72. The summed E-state index contributed by atoms with van der Waals surface area (Å²) in [5.74, 6) is 0.975. The predicted molar refractivity (Wildman–Crippen MR) is 80.3 cm³/mol. The minimum atomic E-state index is 0.164. The number of benzene rings is 1. The number of amides is 1. The van der Waals surface area contributed by atoms with E-state index in [1.165, 1.54) is 11.1 Å². The molecule has 0 aliphatic rings. The molecule has 0 aliphatic carbocycles.